The molecule has 0 radical (unpaired) electrons. The number of halogens is 2. The van der Waals surface area contributed by atoms with Crippen molar-refractivity contribution in [2.45, 2.75) is 45.2 Å². The van der Waals surface area contributed by atoms with Gasteiger partial charge in [-0.25, -0.2) is 9.88 Å². The maximum absolute atomic E-state index is 13.9. The molecule has 1 saturated heterocycles. The lowest BCUT2D eigenvalue weighted by atomic mass is 9.97. The van der Waals surface area contributed by atoms with Crippen LogP contribution in [0.4, 0.5) is 11.6 Å². The van der Waals surface area contributed by atoms with E-state index >= 15 is 0 Å². The number of nitrogens with zero attached hydrogens (tertiary/aromatic N) is 5. The first kappa shape index (κ1) is 31.0. The Balaban J connectivity index is 1.41. The molecule has 0 aliphatic carbocycles. The Morgan fingerprint density at radius 1 is 1.16 bits per heavy atom. The van der Waals surface area contributed by atoms with Crippen LogP contribution in [0.2, 0.25) is 10.0 Å². The first-order chi connectivity index (χ1) is 21.1. The van der Waals surface area contributed by atoms with Crippen molar-refractivity contribution in [2.24, 2.45) is 5.92 Å². The van der Waals surface area contributed by atoms with Gasteiger partial charge in [0.25, 0.3) is 11.8 Å². The maximum Gasteiger partial charge on any atom is 0.310 e. The van der Waals surface area contributed by atoms with E-state index in [1.807, 2.05) is 0 Å². The number of ether oxygens (including phenoxy) is 1. The second kappa shape index (κ2) is 13.1. The topological polar surface area (TPSA) is 138 Å². The van der Waals surface area contributed by atoms with Gasteiger partial charge in [0.15, 0.2) is 0 Å². The molecular formula is C31H30Cl2N6O5. The largest absolute Gasteiger partial charge is 0.466 e. The van der Waals surface area contributed by atoms with Gasteiger partial charge in [0.1, 0.15) is 17.8 Å². The highest BCUT2D eigenvalue weighted by molar-refractivity contribution is 6.35. The van der Waals surface area contributed by atoms with E-state index in [0.717, 1.165) is 5.56 Å². The van der Waals surface area contributed by atoms with Crippen molar-refractivity contribution >= 4 is 58.5 Å². The van der Waals surface area contributed by atoms with E-state index in [9.17, 15) is 24.4 Å². The summed E-state index contributed by atoms with van der Waals surface area (Å²) in [6, 6.07) is 11.8. The molecule has 11 nitrogen and oxygen atoms in total. The molecule has 1 N–H and O–H groups in total. The van der Waals surface area contributed by atoms with Crippen LogP contribution in [0.25, 0.3) is 0 Å². The average molecular weight is 638 g/mol. The second-order valence-corrected chi connectivity index (χ2v) is 11.6. The first-order valence-corrected chi connectivity index (χ1v) is 15.0. The highest BCUT2D eigenvalue weighted by Gasteiger charge is 2.42. The van der Waals surface area contributed by atoms with Crippen molar-refractivity contribution in [2.75, 3.05) is 24.6 Å². The number of rotatable bonds is 8. The number of amides is 3. The third-order valence-electron chi connectivity index (χ3n) is 7.72. The number of carbonyl (C=O) groups excluding carboxylic acids is 4. The molecule has 3 unspecified atom stereocenters. The van der Waals surface area contributed by atoms with Gasteiger partial charge >= 0.3 is 5.97 Å². The Kier molecular flexibility index (Phi) is 9.22. The molecule has 2 aliphatic rings. The van der Waals surface area contributed by atoms with Crippen molar-refractivity contribution in [1.29, 1.82) is 5.26 Å². The Morgan fingerprint density at radius 2 is 1.86 bits per heavy atom. The Morgan fingerprint density at radius 3 is 2.52 bits per heavy atom. The SMILES string of the molecule is CCOC(=O)C1CCCN(C(=O)C(C)NC(=O)c2cnc3n2C(Cc2ccc(C#N)cc2)C(=O)N3c2cc(Cl)cc(Cl)c2)C1. The van der Waals surface area contributed by atoms with E-state index in [4.69, 9.17) is 27.9 Å². The third-order valence-corrected chi connectivity index (χ3v) is 8.15. The summed E-state index contributed by atoms with van der Waals surface area (Å²) in [5.74, 6) is -1.81. The number of anilines is 2. The number of nitriles is 1. The van der Waals surface area contributed by atoms with E-state index in [1.165, 1.54) is 11.1 Å². The summed E-state index contributed by atoms with van der Waals surface area (Å²) >= 11 is 12.5. The predicted molar refractivity (Wildman–Crippen MR) is 163 cm³/mol. The lowest BCUT2D eigenvalue weighted by Crippen LogP contribution is -2.51. The van der Waals surface area contributed by atoms with E-state index in [-0.39, 0.29) is 49.0 Å². The Bertz CT molecular complexity index is 1630. The van der Waals surface area contributed by atoms with Gasteiger partial charge < -0.3 is 15.0 Å². The zero-order valence-electron chi connectivity index (χ0n) is 24.1. The van der Waals surface area contributed by atoms with Crippen LogP contribution >= 0.6 is 23.2 Å². The van der Waals surface area contributed by atoms with E-state index in [0.29, 0.717) is 40.7 Å². The number of hydrogen-bond acceptors (Lipinski definition) is 7. The average Bonchev–Trinajstić information content (AvgIpc) is 3.54. The molecule has 3 aromatic rings. The summed E-state index contributed by atoms with van der Waals surface area (Å²) in [7, 11) is 0. The highest BCUT2D eigenvalue weighted by Crippen LogP contribution is 2.40. The fraction of sp³-hybridized carbons (Fsp3) is 0.355. The fourth-order valence-electron chi connectivity index (χ4n) is 5.61. The molecule has 3 atom stereocenters. The van der Waals surface area contributed by atoms with Gasteiger partial charge in [0.05, 0.1) is 36.0 Å². The summed E-state index contributed by atoms with van der Waals surface area (Å²) in [5, 5.41) is 12.6. The molecule has 3 heterocycles. The smallest absolute Gasteiger partial charge is 0.310 e. The van der Waals surface area contributed by atoms with Gasteiger partial charge in [-0.2, -0.15) is 5.26 Å². The van der Waals surface area contributed by atoms with Crippen LogP contribution in [0.5, 0.6) is 0 Å². The number of fused-ring (bicyclic) bond motifs is 1. The fourth-order valence-corrected chi connectivity index (χ4v) is 6.13. The minimum Gasteiger partial charge on any atom is -0.466 e. The normalized spacial score (nSPS) is 18.4. The van der Waals surface area contributed by atoms with Gasteiger partial charge in [0, 0.05) is 29.6 Å². The number of esters is 1. The third kappa shape index (κ3) is 6.27. The predicted octanol–water partition coefficient (Wildman–Crippen LogP) is 4.44. The number of carbonyl (C=O) groups is 4. The molecule has 1 fully saturated rings. The number of benzene rings is 2. The standard InChI is InChI=1S/C31H30Cl2N6O5/c1-3-44-30(43)21-5-4-10-37(17-21)28(41)18(2)36-27(40)26-16-35-31-38(24-13-22(32)12-23(33)14-24)29(42)25(39(26)31)11-19-6-8-20(15-34)9-7-19/h6-9,12-14,16,18,21,25H,3-5,10-11,17H2,1-2H3,(H,36,40). The zero-order valence-corrected chi connectivity index (χ0v) is 25.6. The molecule has 3 amide bonds. The van der Waals surface area contributed by atoms with Crippen LogP contribution in [-0.2, 0) is 25.5 Å². The molecule has 0 bridgehead atoms. The second-order valence-electron chi connectivity index (χ2n) is 10.7. The Hall–Kier alpha value is -4.40. The van der Waals surface area contributed by atoms with E-state index in [1.54, 1.807) is 65.8 Å². The molecular weight excluding hydrogens is 607 g/mol. The molecule has 0 saturated carbocycles. The van der Waals surface area contributed by atoms with Gasteiger partial charge in [-0.15, -0.1) is 0 Å². The van der Waals surface area contributed by atoms with Crippen molar-refractivity contribution < 1.29 is 23.9 Å². The molecule has 5 rings (SSSR count). The molecule has 228 valence electrons. The number of piperidine rings is 1. The number of imidazole rings is 1. The number of likely N-dealkylation sites (tertiary alicyclic amines) is 1. The van der Waals surface area contributed by atoms with Crippen molar-refractivity contribution in [1.82, 2.24) is 19.8 Å². The van der Waals surface area contributed by atoms with E-state index < -0.39 is 23.9 Å². The lowest BCUT2D eigenvalue weighted by molar-refractivity contribution is -0.151. The summed E-state index contributed by atoms with van der Waals surface area (Å²) in [4.78, 5) is 60.5. The van der Waals surface area contributed by atoms with Gasteiger partial charge in [-0.3, -0.25) is 23.7 Å². The Labute approximate surface area is 264 Å². The van der Waals surface area contributed by atoms with Crippen LogP contribution in [0.1, 0.15) is 54.3 Å². The van der Waals surface area contributed by atoms with Crippen LogP contribution < -0.4 is 10.2 Å². The van der Waals surface area contributed by atoms with Gasteiger partial charge in [-0.1, -0.05) is 35.3 Å². The first-order valence-electron chi connectivity index (χ1n) is 14.2. The quantitative estimate of drug-likeness (QED) is 0.361. The number of nitrogens with one attached hydrogen (secondary N) is 1. The summed E-state index contributed by atoms with van der Waals surface area (Å²) in [6.45, 7) is 4.27. The summed E-state index contributed by atoms with van der Waals surface area (Å²) in [6.07, 6.45) is 2.84. The molecule has 13 heteroatoms. The molecule has 2 aliphatic heterocycles. The van der Waals surface area contributed by atoms with Crippen molar-refractivity contribution in [3.8, 4) is 6.07 Å². The van der Waals surface area contributed by atoms with Crippen LogP contribution in [0.15, 0.2) is 48.7 Å². The van der Waals surface area contributed by atoms with Crippen molar-refractivity contribution in [3.05, 3.63) is 75.5 Å². The lowest BCUT2D eigenvalue weighted by Gasteiger charge is -2.33. The van der Waals surface area contributed by atoms with E-state index in [2.05, 4.69) is 16.4 Å². The maximum atomic E-state index is 13.9. The van der Waals surface area contributed by atoms with Gasteiger partial charge in [0.2, 0.25) is 11.9 Å². The van der Waals surface area contributed by atoms with Crippen molar-refractivity contribution in [3.63, 3.8) is 0 Å². The minimum absolute atomic E-state index is 0.0883. The van der Waals surface area contributed by atoms with Crippen LogP contribution in [0.3, 0.4) is 0 Å². The summed E-state index contributed by atoms with van der Waals surface area (Å²) < 4.78 is 6.68. The minimum atomic E-state index is -0.911. The monoisotopic (exact) mass is 636 g/mol. The number of aromatic nitrogens is 2. The molecule has 0 spiro atoms. The van der Waals surface area contributed by atoms with Crippen LogP contribution in [-0.4, -0.2) is 63.9 Å². The number of hydrogen-bond donors (Lipinski definition) is 1. The molecule has 1 aromatic heterocycles. The zero-order chi connectivity index (χ0) is 31.5. The molecule has 44 heavy (non-hydrogen) atoms. The summed E-state index contributed by atoms with van der Waals surface area (Å²) in [5.41, 5.74) is 1.72. The van der Waals surface area contributed by atoms with Crippen LogP contribution in [0, 0.1) is 17.2 Å². The van der Waals surface area contributed by atoms with Gasteiger partial charge in [-0.05, 0) is 62.6 Å². The molecule has 2 aromatic carbocycles. The highest BCUT2D eigenvalue weighted by atomic mass is 35.5.